The van der Waals surface area contributed by atoms with E-state index in [0.717, 1.165) is 27.8 Å². The zero-order valence-corrected chi connectivity index (χ0v) is 24.6. The van der Waals surface area contributed by atoms with Crippen LogP contribution in [0.5, 0.6) is 5.75 Å². The van der Waals surface area contributed by atoms with Crippen LogP contribution in [0.3, 0.4) is 0 Å². The number of aliphatic imine (C=N–C) groups is 1. The van der Waals surface area contributed by atoms with Gasteiger partial charge in [0.1, 0.15) is 17.8 Å². The van der Waals surface area contributed by atoms with E-state index in [9.17, 15) is 24.3 Å². The number of phenols is 1. The zero-order valence-electron chi connectivity index (χ0n) is 24.6. The van der Waals surface area contributed by atoms with E-state index < -0.39 is 48.3 Å². The van der Waals surface area contributed by atoms with Crippen LogP contribution in [0.15, 0.2) is 48.0 Å². The summed E-state index contributed by atoms with van der Waals surface area (Å²) in [6.45, 7) is 7.19. The lowest BCUT2D eigenvalue weighted by Gasteiger charge is -2.25. The van der Waals surface area contributed by atoms with E-state index in [1.807, 2.05) is 12.1 Å². The molecule has 0 aliphatic heterocycles. The van der Waals surface area contributed by atoms with Crippen molar-refractivity contribution in [1.82, 2.24) is 16.0 Å². The molecule has 0 unspecified atom stereocenters. The monoisotopic (exact) mass is 594 g/mol. The van der Waals surface area contributed by atoms with E-state index in [1.54, 1.807) is 44.2 Å². The Labute approximate surface area is 251 Å². The number of aryl methyl sites for hydroxylation is 2. The Hall–Kier alpha value is -4.91. The summed E-state index contributed by atoms with van der Waals surface area (Å²) in [5.41, 5.74) is 26.1. The van der Waals surface area contributed by atoms with E-state index in [1.165, 1.54) is 0 Å². The number of benzene rings is 2. The fourth-order valence-corrected chi connectivity index (χ4v) is 4.57. The van der Waals surface area contributed by atoms with Crippen LogP contribution in [0.4, 0.5) is 0 Å². The number of primary amides is 1. The molecule has 0 fully saturated rings. The minimum Gasteiger partial charge on any atom is -0.508 e. The van der Waals surface area contributed by atoms with E-state index in [-0.39, 0.29) is 37.5 Å². The van der Waals surface area contributed by atoms with Crippen LogP contribution in [-0.4, -0.2) is 65.9 Å². The van der Waals surface area contributed by atoms with E-state index in [4.69, 9.17) is 22.9 Å². The van der Waals surface area contributed by atoms with Gasteiger partial charge in [-0.15, -0.1) is 0 Å². The number of aromatic hydroxyl groups is 1. The summed E-state index contributed by atoms with van der Waals surface area (Å²) in [5.74, 6) is -2.61. The van der Waals surface area contributed by atoms with E-state index >= 15 is 0 Å². The normalized spacial score (nSPS) is 12.7. The first kappa shape index (κ1) is 34.3. The highest BCUT2D eigenvalue weighted by Gasteiger charge is 2.29. The fourth-order valence-electron chi connectivity index (χ4n) is 4.57. The molecule has 232 valence electrons. The van der Waals surface area contributed by atoms with Crippen LogP contribution in [0.2, 0.25) is 0 Å². The lowest BCUT2D eigenvalue weighted by molar-refractivity contribution is -0.133. The third-order valence-corrected chi connectivity index (χ3v) is 6.79. The Balaban J connectivity index is 2.28. The molecule has 13 heteroatoms. The first-order valence-corrected chi connectivity index (χ1v) is 13.8. The number of hydrogen-bond acceptors (Lipinski definition) is 7. The van der Waals surface area contributed by atoms with Crippen molar-refractivity contribution < 1.29 is 24.3 Å². The highest BCUT2D eigenvalue weighted by atomic mass is 16.3. The van der Waals surface area contributed by atoms with Gasteiger partial charge in [0.05, 0.1) is 12.6 Å². The molecular weight excluding hydrogens is 552 g/mol. The van der Waals surface area contributed by atoms with E-state index in [0.29, 0.717) is 6.42 Å². The van der Waals surface area contributed by atoms with Gasteiger partial charge in [-0.3, -0.25) is 24.2 Å². The molecule has 0 spiro atoms. The summed E-state index contributed by atoms with van der Waals surface area (Å²) >= 11 is 0. The smallest absolute Gasteiger partial charge is 0.243 e. The maximum absolute atomic E-state index is 13.6. The number of carbonyl (C=O) groups is 4. The molecule has 4 amide bonds. The Bertz CT molecular complexity index is 1330. The predicted molar refractivity (Wildman–Crippen MR) is 165 cm³/mol. The summed E-state index contributed by atoms with van der Waals surface area (Å²) < 4.78 is 0. The largest absolute Gasteiger partial charge is 0.508 e. The van der Waals surface area contributed by atoms with Crippen molar-refractivity contribution in [2.75, 3.05) is 13.1 Å². The van der Waals surface area contributed by atoms with Crippen LogP contribution < -0.4 is 38.9 Å². The van der Waals surface area contributed by atoms with Gasteiger partial charge in [0, 0.05) is 13.0 Å². The van der Waals surface area contributed by atoms with Crippen LogP contribution in [0, 0.1) is 13.8 Å². The number of nitrogens with one attached hydrogen (secondary N) is 3. The minimum absolute atomic E-state index is 0.0755. The van der Waals surface area contributed by atoms with Crippen LogP contribution >= 0.6 is 0 Å². The fraction of sp³-hybridized carbons (Fsp3) is 0.367. The quantitative estimate of drug-likeness (QED) is 0.0706. The molecule has 0 saturated heterocycles. The second kappa shape index (κ2) is 16.5. The summed E-state index contributed by atoms with van der Waals surface area (Å²) in [6, 6.07) is 7.16. The summed E-state index contributed by atoms with van der Waals surface area (Å²) in [7, 11) is 0. The van der Waals surface area contributed by atoms with Crippen LogP contribution in [0.25, 0.3) is 6.08 Å². The summed E-state index contributed by atoms with van der Waals surface area (Å²) in [4.78, 5) is 55.0. The average molecular weight is 595 g/mol. The maximum atomic E-state index is 13.6. The van der Waals surface area contributed by atoms with Gasteiger partial charge in [-0.1, -0.05) is 36.9 Å². The van der Waals surface area contributed by atoms with Gasteiger partial charge in [-0.2, -0.15) is 0 Å². The van der Waals surface area contributed by atoms with Gasteiger partial charge in [0.15, 0.2) is 5.96 Å². The highest BCUT2D eigenvalue weighted by molar-refractivity contribution is 5.94. The standard InChI is InChI=1S/C30H42N8O5/c1-4-19-8-5-6-9-20(19)14-25(28(42)36-16-26(32)40)38-29(43)24(10-7-11-35-30(33)34)37-27(41)23(31)15-22-17(2)12-21(39)13-18(22)3/h4-6,8-9,12-13,23-25,39H,1,7,10-11,14-16,31H2,2-3H3,(H2,32,40)(H,36,42)(H,37,41)(H,38,43)(H4,33,34,35)/t23-,24+,25-/m0/s1. The van der Waals surface area contributed by atoms with Gasteiger partial charge in [0.2, 0.25) is 23.6 Å². The van der Waals surface area contributed by atoms with Crippen molar-refractivity contribution in [3.05, 3.63) is 70.8 Å². The molecule has 0 heterocycles. The van der Waals surface area contributed by atoms with Gasteiger partial charge in [-0.25, -0.2) is 0 Å². The number of guanidine groups is 1. The molecule has 3 atom stereocenters. The van der Waals surface area contributed by atoms with Gasteiger partial charge >= 0.3 is 0 Å². The van der Waals surface area contributed by atoms with Crippen molar-refractivity contribution >= 4 is 35.7 Å². The molecule has 2 aromatic carbocycles. The second-order valence-corrected chi connectivity index (χ2v) is 10.2. The molecule has 0 radical (unpaired) electrons. The number of carbonyl (C=O) groups excluding carboxylic acids is 4. The minimum atomic E-state index is -1.11. The molecule has 0 bridgehead atoms. The molecule has 2 aromatic rings. The molecule has 13 nitrogen and oxygen atoms in total. The van der Waals surface area contributed by atoms with Crippen molar-refractivity contribution in [1.29, 1.82) is 0 Å². The third kappa shape index (κ3) is 11.1. The number of amides is 4. The zero-order chi connectivity index (χ0) is 32.1. The second-order valence-electron chi connectivity index (χ2n) is 10.2. The molecular formula is C30H42N8O5. The average Bonchev–Trinajstić information content (AvgIpc) is 2.94. The molecule has 0 saturated carbocycles. The van der Waals surface area contributed by atoms with E-state index in [2.05, 4.69) is 27.5 Å². The Morgan fingerprint density at radius 1 is 0.953 bits per heavy atom. The molecule has 0 aromatic heterocycles. The lowest BCUT2D eigenvalue weighted by Crippen LogP contribution is -2.57. The first-order chi connectivity index (χ1) is 20.3. The van der Waals surface area contributed by atoms with Crippen molar-refractivity contribution in [3.63, 3.8) is 0 Å². The molecule has 0 aliphatic carbocycles. The number of hydrogen-bond donors (Lipinski definition) is 8. The lowest BCUT2D eigenvalue weighted by atomic mass is 9.95. The SMILES string of the molecule is C=Cc1ccccc1C[C@H](NC(=O)[C@@H](CCCN=C(N)N)NC(=O)[C@@H](N)Cc1c(C)cc(O)cc1C)C(=O)NCC(N)=O. The topological polar surface area (TPSA) is 241 Å². The van der Waals surface area contributed by atoms with Crippen LogP contribution in [0.1, 0.15) is 40.7 Å². The Morgan fingerprint density at radius 3 is 2.19 bits per heavy atom. The highest BCUT2D eigenvalue weighted by Crippen LogP contribution is 2.22. The first-order valence-electron chi connectivity index (χ1n) is 13.8. The predicted octanol–water partition coefficient (Wildman–Crippen LogP) is -0.611. The maximum Gasteiger partial charge on any atom is 0.243 e. The number of rotatable bonds is 16. The molecule has 2 rings (SSSR count). The molecule has 43 heavy (non-hydrogen) atoms. The number of phenolic OH excluding ortho intramolecular Hbond substituents is 1. The third-order valence-electron chi connectivity index (χ3n) is 6.79. The molecule has 12 N–H and O–H groups in total. The molecule has 0 aliphatic rings. The van der Waals surface area contributed by atoms with Gasteiger partial charge < -0.3 is 44.0 Å². The number of nitrogens with two attached hydrogens (primary N) is 4. The summed E-state index contributed by atoms with van der Waals surface area (Å²) in [5, 5.41) is 17.7. The van der Waals surface area contributed by atoms with Crippen molar-refractivity contribution in [2.45, 2.75) is 57.7 Å². The van der Waals surface area contributed by atoms with Crippen molar-refractivity contribution in [2.24, 2.45) is 27.9 Å². The Kier molecular flexibility index (Phi) is 13.2. The van der Waals surface area contributed by atoms with Gasteiger partial charge in [-0.05, 0) is 73.1 Å². The van der Waals surface area contributed by atoms with Crippen molar-refractivity contribution in [3.8, 4) is 5.75 Å². The number of nitrogens with zero attached hydrogens (tertiary/aromatic N) is 1. The summed E-state index contributed by atoms with van der Waals surface area (Å²) in [6.07, 6.45) is 2.34. The Morgan fingerprint density at radius 2 is 1.58 bits per heavy atom. The van der Waals surface area contributed by atoms with Gasteiger partial charge in [0.25, 0.3) is 0 Å². The van der Waals surface area contributed by atoms with Crippen LogP contribution in [-0.2, 0) is 32.0 Å².